The first-order valence-corrected chi connectivity index (χ1v) is 7.67. The fourth-order valence-electron chi connectivity index (χ4n) is 2.56. The van der Waals surface area contributed by atoms with Gasteiger partial charge in [0.15, 0.2) is 0 Å². The van der Waals surface area contributed by atoms with E-state index < -0.39 is 0 Å². The van der Waals surface area contributed by atoms with Crippen LogP contribution in [0.3, 0.4) is 0 Å². The van der Waals surface area contributed by atoms with Crippen LogP contribution in [-0.4, -0.2) is 47.9 Å². The van der Waals surface area contributed by atoms with Crippen molar-refractivity contribution in [3.05, 3.63) is 0 Å². The van der Waals surface area contributed by atoms with E-state index >= 15 is 0 Å². The lowest BCUT2D eigenvalue weighted by Gasteiger charge is -2.32. The van der Waals surface area contributed by atoms with Crippen LogP contribution in [0.15, 0.2) is 0 Å². The molecule has 0 radical (unpaired) electrons. The maximum atomic E-state index is 11.9. The van der Waals surface area contributed by atoms with Crippen molar-refractivity contribution in [2.75, 3.05) is 19.6 Å². The van der Waals surface area contributed by atoms with Gasteiger partial charge in [-0.3, -0.25) is 14.5 Å². The average Bonchev–Trinajstić information content (AvgIpc) is 3.13. The van der Waals surface area contributed by atoms with Gasteiger partial charge in [-0.05, 0) is 46.5 Å². The van der Waals surface area contributed by atoms with Crippen LogP contribution in [0.1, 0.15) is 46.5 Å². The van der Waals surface area contributed by atoms with E-state index in [0.29, 0.717) is 12.6 Å². The molecule has 0 aromatic rings. The zero-order valence-corrected chi connectivity index (χ0v) is 12.9. The number of rotatable bonds is 4. The summed E-state index contributed by atoms with van der Waals surface area (Å²) in [5, 5.41) is 6.11. The summed E-state index contributed by atoms with van der Waals surface area (Å²) in [6.07, 6.45) is 4.00. The van der Waals surface area contributed by atoms with Crippen LogP contribution >= 0.6 is 0 Å². The van der Waals surface area contributed by atoms with Crippen molar-refractivity contribution in [2.24, 2.45) is 5.92 Å². The number of piperidine rings is 1. The van der Waals surface area contributed by atoms with Crippen molar-refractivity contribution in [1.82, 2.24) is 15.5 Å². The second-order valence-corrected chi connectivity index (χ2v) is 7.13. The van der Waals surface area contributed by atoms with Crippen LogP contribution < -0.4 is 10.6 Å². The highest BCUT2D eigenvalue weighted by Crippen LogP contribution is 2.29. The van der Waals surface area contributed by atoms with Gasteiger partial charge in [0.25, 0.3) is 0 Å². The number of amides is 2. The van der Waals surface area contributed by atoms with Crippen LogP contribution in [0.25, 0.3) is 0 Å². The Labute approximate surface area is 121 Å². The molecular formula is C15H27N3O2. The number of hydrogen-bond donors (Lipinski definition) is 2. The molecule has 1 saturated carbocycles. The van der Waals surface area contributed by atoms with Crippen molar-refractivity contribution in [1.29, 1.82) is 0 Å². The fourth-order valence-corrected chi connectivity index (χ4v) is 2.56. The third kappa shape index (κ3) is 5.12. The molecule has 0 aromatic heterocycles. The summed E-state index contributed by atoms with van der Waals surface area (Å²) in [5.41, 5.74) is -0.173. The fraction of sp³-hybridized carbons (Fsp3) is 0.867. The van der Waals surface area contributed by atoms with Crippen molar-refractivity contribution in [2.45, 2.75) is 58.0 Å². The number of carbonyl (C=O) groups is 2. The summed E-state index contributed by atoms with van der Waals surface area (Å²) >= 11 is 0. The Hall–Kier alpha value is -1.10. The number of nitrogens with zero attached hydrogens (tertiary/aromatic N) is 1. The van der Waals surface area contributed by atoms with E-state index in [0.717, 1.165) is 38.8 Å². The number of hydrogen-bond acceptors (Lipinski definition) is 3. The van der Waals surface area contributed by atoms with Gasteiger partial charge >= 0.3 is 0 Å². The first-order chi connectivity index (χ1) is 9.33. The minimum Gasteiger partial charge on any atom is -0.353 e. The van der Waals surface area contributed by atoms with Gasteiger partial charge in [0.2, 0.25) is 11.8 Å². The predicted molar refractivity (Wildman–Crippen MR) is 78.2 cm³/mol. The standard InChI is InChI=1S/C15H27N3O2/c1-15(2,3)17-13(19)10-18-8-6-12(7-9-18)16-14(20)11-4-5-11/h11-12H,4-10H2,1-3H3,(H,16,20)(H,17,19). The third-order valence-electron chi connectivity index (χ3n) is 3.76. The maximum Gasteiger partial charge on any atom is 0.234 e. The highest BCUT2D eigenvalue weighted by Gasteiger charge is 2.32. The number of likely N-dealkylation sites (tertiary alicyclic amines) is 1. The Morgan fingerprint density at radius 3 is 2.20 bits per heavy atom. The van der Waals surface area contributed by atoms with Crippen molar-refractivity contribution >= 4 is 11.8 Å². The smallest absolute Gasteiger partial charge is 0.234 e. The monoisotopic (exact) mass is 281 g/mol. The lowest BCUT2D eigenvalue weighted by Crippen LogP contribution is -2.50. The normalized spacial score (nSPS) is 21.6. The third-order valence-corrected chi connectivity index (χ3v) is 3.76. The van der Waals surface area contributed by atoms with Crippen molar-refractivity contribution in [3.8, 4) is 0 Å². The molecule has 2 amide bonds. The van der Waals surface area contributed by atoms with E-state index in [1.807, 2.05) is 20.8 Å². The lowest BCUT2D eigenvalue weighted by molar-refractivity contribution is -0.125. The molecule has 0 bridgehead atoms. The maximum absolute atomic E-state index is 11.9. The van der Waals surface area contributed by atoms with Crippen LogP contribution in [0.2, 0.25) is 0 Å². The molecule has 2 fully saturated rings. The van der Waals surface area contributed by atoms with Gasteiger partial charge in [0, 0.05) is 30.6 Å². The summed E-state index contributed by atoms with van der Waals surface area (Å²) in [6.45, 7) is 8.19. The van der Waals surface area contributed by atoms with Gasteiger partial charge < -0.3 is 10.6 Å². The summed E-state index contributed by atoms with van der Waals surface area (Å²) in [4.78, 5) is 25.7. The molecule has 0 aromatic carbocycles. The van der Waals surface area contributed by atoms with Gasteiger partial charge in [0.1, 0.15) is 0 Å². The summed E-state index contributed by atoms with van der Waals surface area (Å²) in [7, 11) is 0. The molecule has 2 rings (SSSR count). The summed E-state index contributed by atoms with van der Waals surface area (Å²) < 4.78 is 0. The molecule has 2 aliphatic rings. The first-order valence-electron chi connectivity index (χ1n) is 7.67. The zero-order valence-electron chi connectivity index (χ0n) is 12.9. The molecule has 2 N–H and O–H groups in total. The Balaban J connectivity index is 1.66. The van der Waals surface area contributed by atoms with Crippen LogP contribution in [0.5, 0.6) is 0 Å². The van der Waals surface area contributed by atoms with Crippen LogP contribution in [0, 0.1) is 5.92 Å². The molecule has 0 atom stereocenters. The van der Waals surface area contributed by atoms with E-state index in [1.165, 1.54) is 0 Å². The molecule has 114 valence electrons. The van der Waals surface area contributed by atoms with E-state index in [9.17, 15) is 9.59 Å². The Morgan fingerprint density at radius 1 is 1.10 bits per heavy atom. The Morgan fingerprint density at radius 2 is 1.70 bits per heavy atom. The molecule has 1 heterocycles. The van der Waals surface area contributed by atoms with E-state index in [-0.39, 0.29) is 23.3 Å². The average molecular weight is 281 g/mol. The highest BCUT2D eigenvalue weighted by molar-refractivity contribution is 5.81. The topological polar surface area (TPSA) is 61.4 Å². The second-order valence-electron chi connectivity index (χ2n) is 7.13. The van der Waals surface area contributed by atoms with Gasteiger partial charge in [0.05, 0.1) is 6.54 Å². The second kappa shape index (κ2) is 6.12. The minimum absolute atomic E-state index is 0.0814. The first kappa shape index (κ1) is 15.3. The molecule has 1 aliphatic carbocycles. The molecule has 5 heteroatoms. The van der Waals surface area contributed by atoms with Gasteiger partial charge in [-0.15, -0.1) is 0 Å². The molecular weight excluding hydrogens is 254 g/mol. The number of carbonyl (C=O) groups excluding carboxylic acids is 2. The Bertz CT molecular complexity index is 364. The SMILES string of the molecule is CC(C)(C)NC(=O)CN1CCC(NC(=O)C2CC2)CC1. The molecule has 0 unspecified atom stereocenters. The largest absolute Gasteiger partial charge is 0.353 e. The quantitative estimate of drug-likeness (QED) is 0.804. The Kier molecular flexibility index (Phi) is 4.68. The molecule has 0 spiro atoms. The lowest BCUT2D eigenvalue weighted by atomic mass is 10.0. The van der Waals surface area contributed by atoms with E-state index in [4.69, 9.17) is 0 Å². The predicted octanol–water partition coefficient (Wildman–Crippen LogP) is 0.892. The molecule has 5 nitrogen and oxygen atoms in total. The van der Waals surface area contributed by atoms with Gasteiger partial charge in [-0.25, -0.2) is 0 Å². The molecule has 20 heavy (non-hydrogen) atoms. The van der Waals surface area contributed by atoms with Crippen LogP contribution in [-0.2, 0) is 9.59 Å². The molecule has 1 saturated heterocycles. The summed E-state index contributed by atoms with van der Waals surface area (Å²) in [5.74, 6) is 0.595. The van der Waals surface area contributed by atoms with Crippen LogP contribution in [0.4, 0.5) is 0 Å². The highest BCUT2D eigenvalue weighted by atomic mass is 16.2. The van der Waals surface area contributed by atoms with E-state index in [2.05, 4.69) is 15.5 Å². The summed E-state index contributed by atoms with van der Waals surface area (Å²) in [6, 6.07) is 0.296. The molecule has 1 aliphatic heterocycles. The van der Waals surface area contributed by atoms with Crippen molar-refractivity contribution < 1.29 is 9.59 Å². The van der Waals surface area contributed by atoms with Crippen molar-refractivity contribution in [3.63, 3.8) is 0 Å². The number of nitrogens with one attached hydrogen (secondary N) is 2. The minimum atomic E-state index is -0.173. The van der Waals surface area contributed by atoms with E-state index in [1.54, 1.807) is 0 Å². The van der Waals surface area contributed by atoms with Gasteiger partial charge in [-0.1, -0.05) is 0 Å². The van der Waals surface area contributed by atoms with Gasteiger partial charge in [-0.2, -0.15) is 0 Å². The zero-order chi connectivity index (χ0) is 14.8.